The van der Waals surface area contributed by atoms with Crippen LogP contribution in [0.15, 0.2) is 24.4 Å². The Morgan fingerprint density at radius 3 is 2.48 bits per heavy atom. The van der Waals surface area contributed by atoms with E-state index in [0.29, 0.717) is 0 Å². The van der Waals surface area contributed by atoms with Gasteiger partial charge in [-0.3, -0.25) is 4.79 Å². The first kappa shape index (κ1) is 14.3. The molecule has 0 saturated heterocycles. The highest BCUT2D eigenvalue weighted by molar-refractivity contribution is 5.99. The number of benzene rings is 1. The van der Waals surface area contributed by atoms with Gasteiger partial charge in [0, 0.05) is 6.54 Å². The first-order chi connectivity index (χ1) is 9.99. The zero-order chi connectivity index (χ0) is 15.4. The van der Waals surface area contributed by atoms with Crippen molar-refractivity contribution < 1.29 is 24.9 Å². The molecule has 0 aliphatic carbocycles. The second-order valence-corrected chi connectivity index (χ2v) is 4.10. The third kappa shape index (κ3) is 3.26. The lowest BCUT2D eigenvalue weighted by Gasteiger charge is -2.08. The van der Waals surface area contributed by atoms with Gasteiger partial charge in [0.25, 0.3) is 5.91 Å². The SMILES string of the molecule is O=C(O)c1cn(CCNC(=O)c2c(O)cccc2O)nn1. The molecule has 0 saturated carbocycles. The van der Waals surface area contributed by atoms with Crippen LogP contribution in [0.5, 0.6) is 11.5 Å². The molecule has 21 heavy (non-hydrogen) atoms. The Bertz CT molecular complexity index is 662. The number of rotatable bonds is 5. The number of nitrogens with one attached hydrogen (secondary N) is 1. The van der Waals surface area contributed by atoms with E-state index >= 15 is 0 Å². The van der Waals surface area contributed by atoms with E-state index in [1.54, 1.807) is 0 Å². The van der Waals surface area contributed by atoms with Crippen LogP contribution in [-0.4, -0.2) is 48.7 Å². The van der Waals surface area contributed by atoms with E-state index < -0.39 is 11.9 Å². The smallest absolute Gasteiger partial charge is 0.358 e. The van der Waals surface area contributed by atoms with Crippen molar-refractivity contribution >= 4 is 11.9 Å². The number of carbonyl (C=O) groups excluding carboxylic acids is 1. The zero-order valence-corrected chi connectivity index (χ0v) is 10.7. The summed E-state index contributed by atoms with van der Waals surface area (Å²) in [6.07, 6.45) is 1.23. The molecule has 0 spiro atoms. The van der Waals surface area contributed by atoms with Crippen LogP contribution >= 0.6 is 0 Å². The Hall–Kier alpha value is -3.10. The average Bonchev–Trinajstić information content (AvgIpc) is 2.87. The van der Waals surface area contributed by atoms with Gasteiger partial charge >= 0.3 is 5.97 Å². The number of carbonyl (C=O) groups is 2. The molecule has 4 N–H and O–H groups in total. The molecule has 0 aliphatic rings. The molecule has 1 heterocycles. The molecule has 0 unspecified atom stereocenters. The van der Waals surface area contributed by atoms with Crippen molar-refractivity contribution in [2.24, 2.45) is 0 Å². The van der Waals surface area contributed by atoms with E-state index in [-0.39, 0.29) is 35.8 Å². The molecule has 2 aromatic rings. The molecule has 0 radical (unpaired) electrons. The third-order valence-electron chi connectivity index (χ3n) is 2.63. The Labute approximate surface area is 118 Å². The van der Waals surface area contributed by atoms with Crippen molar-refractivity contribution in [3.8, 4) is 11.5 Å². The summed E-state index contributed by atoms with van der Waals surface area (Å²) in [5.41, 5.74) is -0.415. The summed E-state index contributed by atoms with van der Waals surface area (Å²) in [7, 11) is 0. The highest BCUT2D eigenvalue weighted by Crippen LogP contribution is 2.25. The molecule has 9 nitrogen and oxygen atoms in total. The van der Waals surface area contributed by atoms with Gasteiger partial charge < -0.3 is 20.6 Å². The highest BCUT2D eigenvalue weighted by atomic mass is 16.4. The molecule has 110 valence electrons. The van der Waals surface area contributed by atoms with E-state index in [4.69, 9.17) is 5.11 Å². The van der Waals surface area contributed by atoms with Crippen molar-refractivity contribution in [1.82, 2.24) is 20.3 Å². The average molecular weight is 292 g/mol. The quantitative estimate of drug-likeness (QED) is 0.599. The number of phenols is 2. The topological polar surface area (TPSA) is 138 Å². The number of phenolic OH excluding ortho intramolecular Hbond substituents is 2. The van der Waals surface area contributed by atoms with Crippen LogP contribution in [0.3, 0.4) is 0 Å². The Morgan fingerprint density at radius 1 is 1.24 bits per heavy atom. The predicted octanol–water partition coefficient (Wildman–Crippen LogP) is -0.183. The van der Waals surface area contributed by atoms with Crippen molar-refractivity contribution in [3.63, 3.8) is 0 Å². The van der Waals surface area contributed by atoms with Crippen LogP contribution in [0, 0.1) is 0 Å². The van der Waals surface area contributed by atoms with Gasteiger partial charge in [0.05, 0.1) is 12.7 Å². The molecule has 1 amide bonds. The van der Waals surface area contributed by atoms with Crippen LogP contribution in [0.1, 0.15) is 20.8 Å². The monoisotopic (exact) mass is 292 g/mol. The molecular weight excluding hydrogens is 280 g/mol. The van der Waals surface area contributed by atoms with Gasteiger partial charge in [-0.2, -0.15) is 0 Å². The van der Waals surface area contributed by atoms with Gasteiger partial charge in [0.1, 0.15) is 17.1 Å². The molecule has 0 atom stereocenters. The van der Waals surface area contributed by atoms with Gasteiger partial charge in [-0.25, -0.2) is 9.48 Å². The second-order valence-electron chi connectivity index (χ2n) is 4.10. The van der Waals surface area contributed by atoms with Gasteiger partial charge in [-0.15, -0.1) is 5.10 Å². The van der Waals surface area contributed by atoms with Crippen LogP contribution in [0.25, 0.3) is 0 Å². The van der Waals surface area contributed by atoms with Crippen molar-refractivity contribution in [2.45, 2.75) is 6.54 Å². The van der Waals surface area contributed by atoms with Gasteiger partial charge in [0.15, 0.2) is 5.69 Å². The van der Waals surface area contributed by atoms with E-state index in [1.165, 1.54) is 29.1 Å². The molecule has 2 rings (SSSR count). The normalized spacial score (nSPS) is 10.3. The second kappa shape index (κ2) is 5.90. The summed E-state index contributed by atoms with van der Waals surface area (Å²) in [6.45, 7) is 0.315. The summed E-state index contributed by atoms with van der Waals surface area (Å²) < 4.78 is 1.26. The van der Waals surface area contributed by atoms with Gasteiger partial charge in [-0.05, 0) is 12.1 Å². The van der Waals surface area contributed by atoms with E-state index in [0.717, 1.165) is 0 Å². The highest BCUT2D eigenvalue weighted by Gasteiger charge is 2.15. The number of nitrogens with zero attached hydrogens (tertiary/aromatic N) is 3. The first-order valence-corrected chi connectivity index (χ1v) is 5.91. The van der Waals surface area contributed by atoms with E-state index in [2.05, 4.69) is 15.6 Å². The lowest BCUT2D eigenvalue weighted by Crippen LogP contribution is -2.27. The predicted molar refractivity (Wildman–Crippen MR) is 69.1 cm³/mol. The number of hydrogen-bond acceptors (Lipinski definition) is 6. The van der Waals surface area contributed by atoms with Crippen LogP contribution in [-0.2, 0) is 6.54 Å². The van der Waals surface area contributed by atoms with Crippen LogP contribution < -0.4 is 5.32 Å². The molecule has 1 aromatic heterocycles. The van der Waals surface area contributed by atoms with E-state index in [1.807, 2.05) is 0 Å². The summed E-state index contributed by atoms with van der Waals surface area (Å²) in [6, 6.07) is 3.97. The standard InChI is InChI=1S/C12H12N4O5/c17-8-2-1-3-9(18)10(8)11(19)13-4-5-16-6-7(12(20)21)14-15-16/h1-3,6,17-18H,4-5H2,(H,13,19)(H,20,21). The minimum atomic E-state index is -1.19. The minimum Gasteiger partial charge on any atom is -0.507 e. The number of carboxylic acids is 1. The lowest BCUT2D eigenvalue weighted by molar-refractivity contribution is 0.0690. The number of carboxylic acid groups (broad SMARTS) is 1. The summed E-state index contributed by atoms with van der Waals surface area (Å²) in [5.74, 6) is -2.50. The van der Waals surface area contributed by atoms with Gasteiger partial charge in [0.2, 0.25) is 0 Å². The molecular formula is C12H12N4O5. The molecule has 0 bridgehead atoms. The molecule has 0 aliphatic heterocycles. The Kier molecular flexibility index (Phi) is 4.02. The summed E-state index contributed by atoms with van der Waals surface area (Å²) >= 11 is 0. The number of aromatic hydroxyl groups is 2. The van der Waals surface area contributed by atoms with Crippen molar-refractivity contribution in [2.75, 3.05) is 6.54 Å². The third-order valence-corrected chi connectivity index (χ3v) is 2.63. The van der Waals surface area contributed by atoms with Crippen LogP contribution in [0.2, 0.25) is 0 Å². The number of hydrogen-bond donors (Lipinski definition) is 4. The lowest BCUT2D eigenvalue weighted by atomic mass is 10.1. The Morgan fingerprint density at radius 2 is 1.90 bits per heavy atom. The van der Waals surface area contributed by atoms with Crippen molar-refractivity contribution in [3.05, 3.63) is 35.7 Å². The zero-order valence-electron chi connectivity index (χ0n) is 10.7. The fourth-order valence-corrected chi connectivity index (χ4v) is 1.64. The number of aromatic carboxylic acids is 1. The maximum atomic E-state index is 11.8. The maximum Gasteiger partial charge on any atom is 0.358 e. The summed E-state index contributed by atoms with van der Waals surface area (Å²) in [4.78, 5) is 22.4. The van der Waals surface area contributed by atoms with Crippen molar-refractivity contribution in [1.29, 1.82) is 0 Å². The van der Waals surface area contributed by atoms with Crippen LogP contribution in [0.4, 0.5) is 0 Å². The fraction of sp³-hybridized carbons (Fsp3) is 0.167. The fourth-order valence-electron chi connectivity index (χ4n) is 1.64. The summed E-state index contributed by atoms with van der Waals surface area (Å²) in [5, 5.41) is 37.2. The minimum absolute atomic E-state index is 0.120. The maximum absolute atomic E-state index is 11.8. The molecule has 0 fully saturated rings. The Balaban J connectivity index is 1.94. The van der Waals surface area contributed by atoms with Gasteiger partial charge in [-0.1, -0.05) is 11.3 Å². The number of aromatic nitrogens is 3. The van der Waals surface area contributed by atoms with E-state index in [9.17, 15) is 19.8 Å². The molecule has 9 heteroatoms. The largest absolute Gasteiger partial charge is 0.507 e. The number of amides is 1. The molecule has 1 aromatic carbocycles. The first-order valence-electron chi connectivity index (χ1n) is 5.91.